The van der Waals surface area contributed by atoms with Gasteiger partial charge >= 0.3 is 5.97 Å². The molecule has 1 saturated heterocycles. The SMILES string of the molecule is CCC1COCCN1C(C)c1ccc(C(=O)O)o1. The van der Waals surface area contributed by atoms with Crippen molar-refractivity contribution in [3.05, 3.63) is 23.7 Å². The van der Waals surface area contributed by atoms with Crippen LogP contribution >= 0.6 is 0 Å². The van der Waals surface area contributed by atoms with Gasteiger partial charge in [0.1, 0.15) is 5.76 Å². The number of carboxylic acid groups (broad SMARTS) is 1. The van der Waals surface area contributed by atoms with Gasteiger partial charge in [-0.15, -0.1) is 0 Å². The zero-order valence-electron chi connectivity index (χ0n) is 10.8. The summed E-state index contributed by atoms with van der Waals surface area (Å²) in [6, 6.07) is 3.70. The van der Waals surface area contributed by atoms with Crippen LogP contribution in [0.25, 0.3) is 0 Å². The van der Waals surface area contributed by atoms with E-state index in [1.165, 1.54) is 6.07 Å². The summed E-state index contributed by atoms with van der Waals surface area (Å²) in [5.74, 6) is -0.326. The molecule has 1 fully saturated rings. The number of ether oxygens (including phenoxy) is 1. The molecule has 5 nitrogen and oxygen atoms in total. The number of aromatic carboxylic acids is 1. The first-order valence-electron chi connectivity index (χ1n) is 6.30. The van der Waals surface area contributed by atoms with Gasteiger partial charge in [-0.25, -0.2) is 4.79 Å². The summed E-state index contributed by atoms with van der Waals surface area (Å²) in [6.45, 7) is 6.46. The molecule has 1 aliphatic rings. The van der Waals surface area contributed by atoms with E-state index in [0.29, 0.717) is 18.4 Å². The molecule has 0 spiro atoms. The minimum atomic E-state index is -1.03. The molecule has 100 valence electrons. The molecule has 1 aromatic heterocycles. The van der Waals surface area contributed by atoms with Crippen LogP contribution in [0.5, 0.6) is 0 Å². The summed E-state index contributed by atoms with van der Waals surface area (Å²) in [5.41, 5.74) is 0. The first-order valence-corrected chi connectivity index (χ1v) is 6.30. The van der Waals surface area contributed by atoms with Gasteiger partial charge in [0.15, 0.2) is 0 Å². The van der Waals surface area contributed by atoms with E-state index < -0.39 is 5.97 Å². The molecule has 0 bridgehead atoms. The lowest BCUT2D eigenvalue weighted by molar-refractivity contribution is -0.0311. The quantitative estimate of drug-likeness (QED) is 0.890. The van der Waals surface area contributed by atoms with Crippen molar-refractivity contribution in [2.45, 2.75) is 32.4 Å². The number of carboxylic acids is 1. The lowest BCUT2D eigenvalue weighted by Crippen LogP contribution is -2.46. The average Bonchev–Trinajstić information content (AvgIpc) is 2.87. The Morgan fingerprint density at radius 1 is 1.61 bits per heavy atom. The summed E-state index contributed by atoms with van der Waals surface area (Å²) in [5, 5.41) is 8.86. The predicted molar refractivity (Wildman–Crippen MR) is 65.7 cm³/mol. The molecule has 1 N–H and O–H groups in total. The lowest BCUT2D eigenvalue weighted by Gasteiger charge is -2.38. The van der Waals surface area contributed by atoms with Gasteiger partial charge < -0.3 is 14.3 Å². The van der Waals surface area contributed by atoms with Crippen LogP contribution in [0.3, 0.4) is 0 Å². The van der Waals surface area contributed by atoms with Gasteiger partial charge in [-0.1, -0.05) is 6.92 Å². The van der Waals surface area contributed by atoms with E-state index in [1.54, 1.807) is 6.07 Å². The molecule has 1 aliphatic heterocycles. The molecule has 0 aromatic carbocycles. The Morgan fingerprint density at radius 3 is 3.00 bits per heavy atom. The molecule has 0 saturated carbocycles. The molecule has 0 radical (unpaired) electrons. The Labute approximate surface area is 106 Å². The Hall–Kier alpha value is -1.33. The van der Waals surface area contributed by atoms with Gasteiger partial charge in [-0.2, -0.15) is 0 Å². The van der Waals surface area contributed by atoms with Gasteiger partial charge in [0.05, 0.1) is 19.3 Å². The fourth-order valence-electron chi connectivity index (χ4n) is 2.39. The van der Waals surface area contributed by atoms with Crippen LogP contribution in [0.1, 0.15) is 42.6 Å². The Balaban J connectivity index is 2.13. The number of rotatable bonds is 4. The minimum Gasteiger partial charge on any atom is -0.475 e. The Kier molecular flexibility index (Phi) is 4.04. The predicted octanol–water partition coefficient (Wildman–Crippen LogP) is 2.15. The lowest BCUT2D eigenvalue weighted by atomic mass is 10.1. The minimum absolute atomic E-state index is 0.00171. The summed E-state index contributed by atoms with van der Waals surface area (Å²) in [4.78, 5) is 13.1. The molecule has 0 aliphatic carbocycles. The van der Waals surface area contributed by atoms with E-state index in [0.717, 1.165) is 19.6 Å². The van der Waals surface area contributed by atoms with Crippen molar-refractivity contribution < 1.29 is 19.1 Å². The van der Waals surface area contributed by atoms with E-state index in [-0.39, 0.29) is 11.8 Å². The highest BCUT2D eigenvalue weighted by atomic mass is 16.5. The van der Waals surface area contributed by atoms with E-state index in [4.69, 9.17) is 14.3 Å². The second kappa shape index (κ2) is 5.54. The van der Waals surface area contributed by atoms with Crippen LogP contribution < -0.4 is 0 Å². The van der Waals surface area contributed by atoms with Gasteiger partial charge in [-0.3, -0.25) is 4.90 Å². The van der Waals surface area contributed by atoms with Crippen molar-refractivity contribution in [1.82, 2.24) is 4.90 Å². The molecule has 2 rings (SSSR count). The topological polar surface area (TPSA) is 62.9 Å². The smallest absolute Gasteiger partial charge is 0.371 e. The molecule has 5 heteroatoms. The van der Waals surface area contributed by atoms with Gasteiger partial charge in [0.2, 0.25) is 5.76 Å². The maximum Gasteiger partial charge on any atom is 0.371 e. The third kappa shape index (κ3) is 2.57. The van der Waals surface area contributed by atoms with Crippen molar-refractivity contribution in [1.29, 1.82) is 0 Å². The number of furan rings is 1. The van der Waals surface area contributed by atoms with Crippen LogP contribution in [0.4, 0.5) is 0 Å². The summed E-state index contributed by atoms with van der Waals surface area (Å²) >= 11 is 0. The van der Waals surface area contributed by atoms with Crippen molar-refractivity contribution in [3.63, 3.8) is 0 Å². The summed E-state index contributed by atoms with van der Waals surface area (Å²) < 4.78 is 10.8. The Bertz CT molecular complexity index is 415. The fraction of sp³-hybridized carbons (Fsp3) is 0.615. The number of hydrogen-bond acceptors (Lipinski definition) is 4. The Morgan fingerprint density at radius 2 is 2.39 bits per heavy atom. The normalized spacial score (nSPS) is 22.9. The second-order valence-corrected chi connectivity index (χ2v) is 4.56. The molecule has 1 aromatic rings. The highest BCUT2D eigenvalue weighted by molar-refractivity contribution is 5.84. The molecular weight excluding hydrogens is 234 g/mol. The van der Waals surface area contributed by atoms with Crippen molar-refractivity contribution >= 4 is 5.97 Å². The van der Waals surface area contributed by atoms with Crippen molar-refractivity contribution in [3.8, 4) is 0 Å². The van der Waals surface area contributed by atoms with Crippen molar-refractivity contribution in [2.24, 2.45) is 0 Å². The summed E-state index contributed by atoms with van der Waals surface area (Å²) in [7, 11) is 0. The van der Waals surface area contributed by atoms with E-state index >= 15 is 0 Å². The zero-order chi connectivity index (χ0) is 13.1. The van der Waals surface area contributed by atoms with E-state index in [1.807, 2.05) is 6.92 Å². The zero-order valence-corrected chi connectivity index (χ0v) is 10.8. The molecule has 18 heavy (non-hydrogen) atoms. The number of hydrogen-bond donors (Lipinski definition) is 1. The maximum absolute atomic E-state index is 10.8. The largest absolute Gasteiger partial charge is 0.475 e. The maximum atomic E-state index is 10.8. The number of carbonyl (C=O) groups is 1. The first-order chi connectivity index (χ1) is 8.63. The number of nitrogens with zero attached hydrogens (tertiary/aromatic N) is 1. The van der Waals surface area contributed by atoms with Crippen LogP contribution in [0, 0.1) is 0 Å². The molecule has 2 heterocycles. The fourth-order valence-corrected chi connectivity index (χ4v) is 2.39. The van der Waals surface area contributed by atoms with Crippen LogP contribution in [0.15, 0.2) is 16.5 Å². The second-order valence-electron chi connectivity index (χ2n) is 4.56. The average molecular weight is 253 g/mol. The summed E-state index contributed by atoms with van der Waals surface area (Å²) in [6.07, 6.45) is 1.01. The first kappa shape index (κ1) is 13.1. The highest BCUT2D eigenvalue weighted by Crippen LogP contribution is 2.27. The standard InChI is InChI=1S/C13H19NO4/c1-3-10-8-17-7-6-14(10)9(2)11-4-5-12(18-11)13(15)16/h4-5,9-10H,3,6-8H2,1-2H3,(H,15,16). The van der Waals surface area contributed by atoms with E-state index in [2.05, 4.69) is 11.8 Å². The molecular formula is C13H19NO4. The van der Waals surface area contributed by atoms with Crippen LogP contribution in [0.2, 0.25) is 0 Å². The van der Waals surface area contributed by atoms with Gasteiger partial charge in [-0.05, 0) is 25.5 Å². The third-order valence-corrected chi connectivity index (χ3v) is 3.49. The van der Waals surface area contributed by atoms with Crippen LogP contribution in [-0.2, 0) is 4.74 Å². The number of morpholine rings is 1. The van der Waals surface area contributed by atoms with Crippen molar-refractivity contribution in [2.75, 3.05) is 19.8 Å². The molecule has 0 amide bonds. The molecule has 2 unspecified atom stereocenters. The highest BCUT2D eigenvalue weighted by Gasteiger charge is 2.28. The van der Waals surface area contributed by atoms with Crippen LogP contribution in [-0.4, -0.2) is 41.8 Å². The third-order valence-electron chi connectivity index (χ3n) is 3.49. The van der Waals surface area contributed by atoms with E-state index in [9.17, 15) is 4.79 Å². The molecule has 2 atom stereocenters. The van der Waals surface area contributed by atoms with Gasteiger partial charge in [0.25, 0.3) is 0 Å². The monoisotopic (exact) mass is 253 g/mol. The van der Waals surface area contributed by atoms with Gasteiger partial charge in [0, 0.05) is 12.6 Å².